The molecule has 0 spiro atoms. The van der Waals surface area contributed by atoms with Crippen LogP contribution < -0.4 is 10.8 Å². The van der Waals surface area contributed by atoms with Crippen LogP contribution in [0, 0.1) is 0 Å². The van der Waals surface area contributed by atoms with Gasteiger partial charge < -0.3 is 5.32 Å². The molecule has 0 aliphatic carbocycles. The Labute approximate surface area is 86.6 Å². The lowest BCUT2D eigenvalue weighted by Crippen LogP contribution is -2.27. The standard InChI is InChI=1S/C8H9N3O2S/c1-13-10-8(12)9-6-2-4-7(11-14)5-3-6/h2-5H,1H3,(H2,9,10,12). The maximum absolute atomic E-state index is 11.0. The predicted octanol–water partition coefficient (Wildman–Crippen LogP) is 1.73. The van der Waals surface area contributed by atoms with E-state index in [2.05, 4.69) is 32.4 Å². The quantitative estimate of drug-likeness (QED) is 0.748. The molecule has 74 valence electrons. The minimum atomic E-state index is -0.435. The van der Waals surface area contributed by atoms with Crippen LogP contribution in [0.4, 0.5) is 16.2 Å². The van der Waals surface area contributed by atoms with Gasteiger partial charge in [-0.1, -0.05) is 0 Å². The van der Waals surface area contributed by atoms with E-state index in [1.807, 2.05) is 0 Å². The minimum Gasteiger partial charge on any atom is -0.306 e. The number of urea groups is 1. The van der Waals surface area contributed by atoms with Gasteiger partial charge in [0.1, 0.15) is 0 Å². The van der Waals surface area contributed by atoms with E-state index < -0.39 is 6.03 Å². The Morgan fingerprint density at radius 2 is 2.07 bits per heavy atom. The van der Waals surface area contributed by atoms with Gasteiger partial charge in [-0.25, -0.2) is 10.3 Å². The first-order valence-electron chi connectivity index (χ1n) is 3.79. The van der Waals surface area contributed by atoms with Gasteiger partial charge in [0.2, 0.25) is 0 Å². The summed E-state index contributed by atoms with van der Waals surface area (Å²) in [5, 5.41) is 2.54. The van der Waals surface area contributed by atoms with Crippen molar-refractivity contribution < 1.29 is 9.63 Å². The fourth-order valence-corrected chi connectivity index (χ4v) is 0.977. The van der Waals surface area contributed by atoms with Crippen LogP contribution in [-0.4, -0.2) is 13.1 Å². The van der Waals surface area contributed by atoms with E-state index in [1.165, 1.54) is 7.11 Å². The van der Waals surface area contributed by atoms with Gasteiger partial charge in [-0.05, 0) is 24.3 Å². The molecule has 0 fully saturated rings. The highest BCUT2D eigenvalue weighted by Crippen LogP contribution is 2.15. The summed E-state index contributed by atoms with van der Waals surface area (Å²) in [6.45, 7) is 0. The van der Waals surface area contributed by atoms with Crippen molar-refractivity contribution in [3.05, 3.63) is 24.3 Å². The van der Waals surface area contributed by atoms with Crippen LogP contribution in [0.5, 0.6) is 0 Å². The van der Waals surface area contributed by atoms with Gasteiger partial charge in [0.05, 0.1) is 12.8 Å². The molecule has 0 bridgehead atoms. The molecule has 0 atom stereocenters. The number of nitrogens with zero attached hydrogens (tertiary/aromatic N) is 1. The van der Waals surface area contributed by atoms with Crippen molar-refractivity contribution in [2.45, 2.75) is 0 Å². The van der Waals surface area contributed by atoms with E-state index >= 15 is 0 Å². The molecule has 0 saturated heterocycles. The molecule has 1 rings (SSSR count). The Kier molecular flexibility index (Phi) is 3.96. The number of carbonyl (C=O) groups is 1. The van der Waals surface area contributed by atoms with E-state index in [0.717, 1.165) is 0 Å². The van der Waals surface area contributed by atoms with Gasteiger partial charge in [0, 0.05) is 18.1 Å². The third-order valence-corrected chi connectivity index (χ3v) is 1.64. The van der Waals surface area contributed by atoms with E-state index in [1.54, 1.807) is 24.3 Å². The molecule has 2 N–H and O–H groups in total. The normalized spacial score (nSPS) is 9.21. The van der Waals surface area contributed by atoms with E-state index in [-0.39, 0.29) is 0 Å². The second-order valence-electron chi connectivity index (χ2n) is 2.40. The Balaban J connectivity index is 2.59. The Morgan fingerprint density at radius 1 is 1.43 bits per heavy atom. The number of hydrogen-bond acceptors (Lipinski definition) is 4. The van der Waals surface area contributed by atoms with Crippen LogP contribution in [0.3, 0.4) is 0 Å². The summed E-state index contributed by atoms with van der Waals surface area (Å²) in [5.74, 6) is 0. The molecule has 0 aromatic heterocycles. The zero-order chi connectivity index (χ0) is 10.4. The SMILES string of the molecule is CONC(=O)Nc1ccc(N=S)cc1. The lowest BCUT2D eigenvalue weighted by Gasteiger charge is -2.04. The number of rotatable bonds is 3. The van der Waals surface area contributed by atoms with Gasteiger partial charge in [0.15, 0.2) is 0 Å². The molecule has 0 unspecified atom stereocenters. The number of hydroxylamine groups is 1. The number of anilines is 1. The van der Waals surface area contributed by atoms with Crippen LogP contribution in [0.2, 0.25) is 0 Å². The fourth-order valence-electron chi connectivity index (χ4n) is 0.855. The summed E-state index contributed by atoms with van der Waals surface area (Å²) in [5.41, 5.74) is 3.45. The summed E-state index contributed by atoms with van der Waals surface area (Å²) >= 11 is 4.50. The summed E-state index contributed by atoms with van der Waals surface area (Å²) in [7, 11) is 1.36. The minimum absolute atomic E-state index is 0.435. The first-order chi connectivity index (χ1) is 6.76. The Bertz CT molecular complexity index is 326. The molecule has 0 aliphatic heterocycles. The molecule has 1 aromatic rings. The molecule has 0 heterocycles. The Morgan fingerprint density at radius 3 is 2.57 bits per heavy atom. The molecule has 1 aromatic carbocycles. The van der Waals surface area contributed by atoms with E-state index in [0.29, 0.717) is 11.4 Å². The molecule has 14 heavy (non-hydrogen) atoms. The average molecular weight is 211 g/mol. The van der Waals surface area contributed by atoms with E-state index in [9.17, 15) is 4.79 Å². The van der Waals surface area contributed by atoms with Crippen molar-refractivity contribution in [2.75, 3.05) is 12.4 Å². The van der Waals surface area contributed by atoms with Crippen LogP contribution in [-0.2, 0) is 17.3 Å². The molecule has 0 aliphatic rings. The Hall–Kier alpha value is -1.53. The van der Waals surface area contributed by atoms with Crippen molar-refractivity contribution in [1.82, 2.24) is 5.48 Å². The molecule has 0 saturated carbocycles. The predicted molar refractivity (Wildman–Crippen MR) is 55.1 cm³/mol. The molecule has 6 heteroatoms. The maximum atomic E-state index is 11.0. The topological polar surface area (TPSA) is 62.7 Å². The highest BCUT2D eigenvalue weighted by Gasteiger charge is 1.99. The molecule has 2 amide bonds. The number of benzene rings is 1. The zero-order valence-corrected chi connectivity index (χ0v) is 8.30. The highest BCUT2D eigenvalue weighted by atomic mass is 32.1. The second kappa shape index (κ2) is 5.25. The van der Waals surface area contributed by atoms with Gasteiger partial charge >= 0.3 is 6.03 Å². The van der Waals surface area contributed by atoms with Crippen molar-refractivity contribution in [2.24, 2.45) is 4.36 Å². The smallest absolute Gasteiger partial charge is 0.306 e. The summed E-state index contributed by atoms with van der Waals surface area (Å²) < 4.78 is 3.56. The van der Waals surface area contributed by atoms with Crippen molar-refractivity contribution >= 4 is 29.8 Å². The van der Waals surface area contributed by atoms with Crippen molar-refractivity contribution in [3.63, 3.8) is 0 Å². The van der Waals surface area contributed by atoms with Crippen LogP contribution in [0.15, 0.2) is 28.6 Å². The summed E-state index contributed by atoms with van der Waals surface area (Å²) in [4.78, 5) is 15.4. The monoisotopic (exact) mass is 211 g/mol. The van der Waals surface area contributed by atoms with Gasteiger partial charge in [0.25, 0.3) is 0 Å². The second-order valence-corrected chi connectivity index (χ2v) is 2.58. The van der Waals surface area contributed by atoms with Gasteiger partial charge in [-0.2, -0.15) is 4.36 Å². The molecular formula is C8H9N3O2S. The summed E-state index contributed by atoms with van der Waals surface area (Å²) in [6, 6.07) is 6.36. The van der Waals surface area contributed by atoms with Gasteiger partial charge in [-0.3, -0.25) is 4.84 Å². The maximum Gasteiger partial charge on any atom is 0.343 e. The molecule has 5 nitrogen and oxygen atoms in total. The fraction of sp³-hybridized carbons (Fsp3) is 0.125. The lowest BCUT2D eigenvalue weighted by molar-refractivity contribution is 0.114. The third-order valence-electron chi connectivity index (χ3n) is 1.43. The highest BCUT2D eigenvalue weighted by molar-refractivity contribution is 7.47. The first kappa shape index (κ1) is 10.6. The molecular weight excluding hydrogens is 202 g/mol. The lowest BCUT2D eigenvalue weighted by atomic mass is 10.3. The largest absolute Gasteiger partial charge is 0.343 e. The van der Waals surface area contributed by atoms with Gasteiger partial charge in [-0.15, -0.1) is 0 Å². The van der Waals surface area contributed by atoms with Crippen LogP contribution >= 0.6 is 0 Å². The third kappa shape index (κ3) is 3.08. The zero-order valence-electron chi connectivity index (χ0n) is 7.48. The number of hydrogen-bond donors (Lipinski definition) is 2. The van der Waals surface area contributed by atoms with Crippen molar-refractivity contribution in [1.29, 1.82) is 0 Å². The molecule has 0 radical (unpaired) electrons. The van der Waals surface area contributed by atoms with Crippen LogP contribution in [0.1, 0.15) is 0 Å². The van der Waals surface area contributed by atoms with Crippen LogP contribution in [0.25, 0.3) is 0 Å². The number of amides is 2. The van der Waals surface area contributed by atoms with Crippen molar-refractivity contribution in [3.8, 4) is 0 Å². The number of carbonyl (C=O) groups excluding carboxylic acids is 1. The first-order valence-corrected chi connectivity index (χ1v) is 4.16. The number of nitrogens with one attached hydrogen (secondary N) is 2. The summed E-state index contributed by atoms with van der Waals surface area (Å²) in [6.07, 6.45) is 0. The van der Waals surface area contributed by atoms with E-state index in [4.69, 9.17) is 0 Å². The average Bonchev–Trinajstić information content (AvgIpc) is 2.19.